The molecule has 1 heterocycles. The molecule has 98 valence electrons. The molecule has 1 aliphatic rings. The first-order valence-electron chi connectivity index (χ1n) is 5.74. The van der Waals surface area contributed by atoms with Gasteiger partial charge < -0.3 is 15.0 Å². The molecule has 0 radical (unpaired) electrons. The third kappa shape index (κ3) is 2.88. The summed E-state index contributed by atoms with van der Waals surface area (Å²) in [6.45, 7) is 4.23. The van der Waals surface area contributed by atoms with Gasteiger partial charge in [-0.05, 0) is 31.3 Å². The van der Waals surface area contributed by atoms with E-state index < -0.39 is 0 Å². The first-order chi connectivity index (χ1) is 8.63. The zero-order valence-electron chi connectivity index (χ0n) is 9.95. The molecule has 0 spiro atoms. The third-order valence-electron chi connectivity index (χ3n) is 2.71. The van der Waals surface area contributed by atoms with Crippen molar-refractivity contribution in [2.24, 2.45) is 0 Å². The monoisotopic (exact) mass is 304 g/mol. The number of rotatable bonds is 2. The normalized spacial score (nSPS) is 19.1. The average Bonchev–Trinajstić information content (AvgIpc) is 2.82. The van der Waals surface area contributed by atoms with E-state index >= 15 is 0 Å². The van der Waals surface area contributed by atoms with Gasteiger partial charge >= 0.3 is 0 Å². The van der Waals surface area contributed by atoms with Crippen molar-refractivity contribution in [3.8, 4) is 0 Å². The number of halogens is 2. The lowest BCUT2D eigenvalue weighted by Gasteiger charge is -2.26. The van der Waals surface area contributed by atoms with Gasteiger partial charge in [-0.15, -0.1) is 0 Å². The van der Waals surface area contributed by atoms with Gasteiger partial charge in [-0.2, -0.15) is 0 Å². The number of hydrogen-bond donors (Lipinski definition) is 1. The van der Waals surface area contributed by atoms with Crippen LogP contribution in [0.1, 0.15) is 18.7 Å². The van der Waals surface area contributed by atoms with Gasteiger partial charge in [0.25, 0.3) is 0 Å². The summed E-state index contributed by atoms with van der Waals surface area (Å²) in [5.74, 6) is 0. The molecule has 1 aromatic rings. The van der Waals surface area contributed by atoms with Crippen LogP contribution >= 0.6 is 35.4 Å². The minimum atomic E-state index is -0.189. The molecule has 1 aliphatic heterocycles. The third-order valence-corrected chi connectivity index (χ3v) is 3.83. The Hall–Kier alpha value is -0.550. The molecular weight excluding hydrogens is 291 g/mol. The Labute approximate surface area is 122 Å². The molecule has 3 nitrogen and oxygen atoms in total. The highest BCUT2D eigenvalue weighted by Crippen LogP contribution is 2.31. The summed E-state index contributed by atoms with van der Waals surface area (Å²) in [5, 5.41) is 4.90. The minimum Gasteiger partial charge on any atom is -0.363 e. The van der Waals surface area contributed by atoms with Crippen LogP contribution in [0.2, 0.25) is 10.0 Å². The van der Waals surface area contributed by atoms with Crippen molar-refractivity contribution in [1.29, 1.82) is 0 Å². The van der Waals surface area contributed by atoms with Gasteiger partial charge in [0.1, 0.15) is 0 Å². The number of ether oxygens (including phenoxy) is 1. The Morgan fingerprint density at radius 2 is 2.28 bits per heavy atom. The lowest BCUT2D eigenvalue weighted by atomic mass is 10.2. The summed E-state index contributed by atoms with van der Waals surface area (Å²) in [6.07, 6.45) is -0.189. The van der Waals surface area contributed by atoms with Crippen LogP contribution in [0.3, 0.4) is 0 Å². The second-order valence-electron chi connectivity index (χ2n) is 3.93. The molecule has 0 saturated carbocycles. The fraction of sp³-hybridized carbons (Fsp3) is 0.417. The first kappa shape index (κ1) is 13.9. The van der Waals surface area contributed by atoms with E-state index in [0.717, 1.165) is 18.7 Å². The topological polar surface area (TPSA) is 24.5 Å². The molecule has 1 N–H and O–H groups in total. The van der Waals surface area contributed by atoms with Crippen LogP contribution in [0, 0.1) is 0 Å². The quantitative estimate of drug-likeness (QED) is 0.848. The molecule has 1 atom stereocenters. The molecular formula is C12H14Cl2N2OS. The number of benzene rings is 1. The van der Waals surface area contributed by atoms with Crippen molar-refractivity contribution >= 4 is 40.5 Å². The van der Waals surface area contributed by atoms with Gasteiger partial charge in [-0.25, -0.2) is 0 Å². The zero-order chi connectivity index (χ0) is 13.1. The van der Waals surface area contributed by atoms with E-state index in [9.17, 15) is 0 Å². The molecule has 0 aromatic heterocycles. The fourth-order valence-corrected chi connectivity index (χ4v) is 2.51. The van der Waals surface area contributed by atoms with Crippen LogP contribution in [0.15, 0.2) is 18.2 Å². The molecule has 0 bridgehead atoms. The Balaban J connectivity index is 2.20. The van der Waals surface area contributed by atoms with E-state index in [4.69, 9.17) is 40.2 Å². The van der Waals surface area contributed by atoms with Crippen LogP contribution in [0.4, 0.5) is 0 Å². The second-order valence-corrected chi connectivity index (χ2v) is 5.13. The van der Waals surface area contributed by atoms with Crippen molar-refractivity contribution in [2.75, 3.05) is 19.7 Å². The molecule has 1 fully saturated rings. The highest BCUT2D eigenvalue weighted by molar-refractivity contribution is 7.80. The number of nitrogens with zero attached hydrogens (tertiary/aromatic N) is 1. The molecule has 18 heavy (non-hydrogen) atoms. The van der Waals surface area contributed by atoms with E-state index in [0.29, 0.717) is 21.8 Å². The maximum atomic E-state index is 6.03. The summed E-state index contributed by atoms with van der Waals surface area (Å²) in [4.78, 5) is 2.01. The molecule has 6 heteroatoms. The SMILES string of the molecule is CCNC(=S)N1CCOC1c1ccc(Cl)c(Cl)c1. The smallest absolute Gasteiger partial charge is 0.171 e. The van der Waals surface area contributed by atoms with Crippen molar-refractivity contribution in [1.82, 2.24) is 10.2 Å². The van der Waals surface area contributed by atoms with Crippen LogP contribution in [0.25, 0.3) is 0 Å². The van der Waals surface area contributed by atoms with Gasteiger partial charge in [-0.3, -0.25) is 0 Å². The summed E-state index contributed by atoms with van der Waals surface area (Å²) < 4.78 is 5.71. The van der Waals surface area contributed by atoms with E-state index in [1.54, 1.807) is 6.07 Å². The van der Waals surface area contributed by atoms with Gasteiger partial charge in [0.05, 0.1) is 16.7 Å². The zero-order valence-corrected chi connectivity index (χ0v) is 12.3. The average molecular weight is 305 g/mol. The van der Waals surface area contributed by atoms with Gasteiger partial charge in [0.15, 0.2) is 11.3 Å². The summed E-state index contributed by atoms with van der Waals surface area (Å²) in [7, 11) is 0. The summed E-state index contributed by atoms with van der Waals surface area (Å²) in [5.41, 5.74) is 0.960. The maximum Gasteiger partial charge on any atom is 0.171 e. The standard InChI is InChI=1S/C12H14Cl2N2OS/c1-2-15-12(18)16-5-6-17-11(16)8-3-4-9(13)10(14)7-8/h3-4,7,11H,2,5-6H2,1H3,(H,15,18). The maximum absolute atomic E-state index is 6.03. The number of thiocarbonyl (C=S) groups is 1. The van der Waals surface area contributed by atoms with E-state index in [1.165, 1.54) is 0 Å². The first-order valence-corrected chi connectivity index (χ1v) is 6.91. The predicted molar refractivity (Wildman–Crippen MR) is 78.1 cm³/mol. The van der Waals surface area contributed by atoms with Crippen molar-refractivity contribution in [2.45, 2.75) is 13.2 Å². The summed E-state index contributed by atoms with van der Waals surface area (Å²) >= 11 is 17.3. The highest BCUT2D eigenvalue weighted by Gasteiger charge is 2.28. The lowest BCUT2D eigenvalue weighted by Crippen LogP contribution is -2.39. The van der Waals surface area contributed by atoms with Crippen LogP contribution < -0.4 is 5.32 Å². The van der Waals surface area contributed by atoms with Crippen LogP contribution in [0.5, 0.6) is 0 Å². The van der Waals surface area contributed by atoms with E-state index in [-0.39, 0.29) is 6.23 Å². The Bertz CT molecular complexity index is 456. The van der Waals surface area contributed by atoms with E-state index in [2.05, 4.69) is 5.32 Å². The number of hydrogen-bond acceptors (Lipinski definition) is 2. The van der Waals surface area contributed by atoms with Gasteiger partial charge in [0.2, 0.25) is 0 Å². The Morgan fingerprint density at radius 3 is 2.94 bits per heavy atom. The fourth-order valence-electron chi connectivity index (χ4n) is 1.87. The van der Waals surface area contributed by atoms with Crippen molar-refractivity contribution in [3.63, 3.8) is 0 Å². The van der Waals surface area contributed by atoms with Gasteiger partial charge in [0, 0.05) is 18.7 Å². The lowest BCUT2D eigenvalue weighted by molar-refractivity contribution is 0.0630. The van der Waals surface area contributed by atoms with Crippen molar-refractivity contribution in [3.05, 3.63) is 33.8 Å². The van der Waals surface area contributed by atoms with Crippen LogP contribution in [-0.4, -0.2) is 29.7 Å². The molecule has 1 saturated heterocycles. The highest BCUT2D eigenvalue weighted by atomic mass is 35.5. The second kappa shape index (κ2) is 6.06. The molecule has 1 unspecified atom stereocenters. The van der Waals surface area contributed by atoms with E-state index in [1.807, 2.05) is 24.0 Å². The Morgan fingerprint density at radius 1 is 1.50 bits per heavy atom. The summed E-state index contributed by atoms with van der Waals surface area (Å²) in [6, 6.07) is 5.50. The number of nitrogens with one attached hydrogen (secondary N) is 1. The van der Waals surface area contributed by atoms with Gasteiger partial charge in [-0.1, -0.05) is 29.3 Å². The predicted octanol–water partition coefficient (Wildman–Crippen LogP) is 3.22. The Kier molecular flexibility index (Phi) is 4.67. The molecule has 1 aromatic carbocycles. The minimum absolute atomic E-state index is 0.189. The molecule has 2 rings (SSSR count). The molecule has 0 aliphatic carbocycles. The van der Waals surface area contributed by atoms with Crippen LogP contribution in [-0.2, 0) is 4.74 Å². The van der Waals surface area contributed by atoms with Crippen molar-refractivity contribution < 1.29 is 4.74 Å². The largest absolute Gasteiger partial charge is 0.363 e. The molecule has 0 amide bonds.